The fourth-order valence-corrected chi connectivity index (χ4v) is 5.98. The second-order valence-corrected chi connectivity index (χ2v) is 10.2. The summed E-state index contributed by atoms with van der Waals surface area (Å²) in [4.78, 5) is -1.19. The quantitative estimate of drug-likeness (QED) is 0.596. The maximum Gasteiger partial charge on any atom is 0.168 e. The first-order chi connectivity index (χ1) is 14.3. The molecule has 0 bridgehead atoms. The molecule has 0 aliphatic carbocycles. The van der Waals surface area contributed by atoms with Crippen molar-refractivity contribution in [3.8, 4) is 0 Å². The Hall–Kier alpha value is -1.41. The largest absolute Gasteiger partial charge is 0.395 e. The molecule has 1 saturated heterocycles. The van der Waals surface area contributed by atoms with E-state index in [1.807, 2.05) is 0 Å². The molecule has 0 radical (unpaired) electrons. The summed E-state index contributed by atoms with van der Waals surface area (Å²) in [5.74, 6) is 0.490. The number of aliphatic hydroxyl groups is 4. The number of aryl methyl sites for hydroxylation is 1. The van der Waals surface area contributed by atoms with Crippen molar-refractivity contribution in [1.82, 2.24) is 0 Å². The molecule has 2 aliphatic heterocycles. The SMILES string of the molecule is Cc1cc2c(cc1Cc1ccc(C(C)C)cc1)[C@]1(OC2)SC(CO)[C@@H](O)C(O)[C@H]1O. The van der Waals surface area contributed by atoms with E-state index in [0.29, 0.717) is 12.5 Å². The van der Waals surface area contributed by atoms with Gasteiger partial charge >= 0.3 is 0 Å². The van der Waals surface area contributed by atoms with Crippen LogP contribution >= 0.6 is 11.8 Å². The Kier molecular flexibility index (Phi) is 6.01. The van der Waals surface area contributed by atoms with Gasteiger partial charge in [-0.1, -0.05) is 50.2 Å². The molecular weight excluding hydrogens is 400 g/mol. The van der Waals surface area contributed by atoms with Crippen LogP contribution in [0.1, 0.15) is 53.1 Å². The standard InChI is InChI=1S/C24H30O5S/c1-13(2)16-6-4-15(5-7-16)9-17-10-19-18(8-14(17)3)12-29-24(19)23(28)22(27)21(26)20(11-25)30-24/h4-8,10,13,20-23,25-28H,9,11-12H2,1-3H3/t20?,21-,22?,23-,24+/m1/s1. The molecule has 1 spiro atoms. The third-order valence-corrected chi connectivity index (χ3v) is 8.03. The highest BCUT2D eigenvalue weighted by molar-refractivity contribution is 8.00. The average Bonchev–Trinajstić information content (AvgIpc) is 3.08. The van der Waals surface area contributed by atoms with E-state index < -0.39 is 28.5 Å². The van der Waals surface area contributed by atoms with Gasteiger partial charge in [0, 0.05) is 5.56 Å². The lowest BCUT2D eigenvalue weighted by molar-refractivity contribution is -0.147. The third kappa shape index (κ3) is 3.60. The van der Waals surface area contributed by atoms with Crippen molar-refractivity contribution in [3.05, 3.63) is 69.8 Å². The molecule has 0 amide bonds. The highest BCUT2D eigenvalue weighted by atomic mass is 32.2. The van der Waals surface area contributed by atoms with Crippen molar-refractivity contribution >= 4 is 11.8 Å². The molecule has 2 aliphatic rings. The summed E-state index contributed by atoms with van der Waals surface area (Å²) in [7, 11) is 0. The van der Waals surface area contributed by atoms with Crippen molar-refractivity contribution < 1.29 is 25.2 Å². The van der Waals surface area contributed by atoms with E-state index in [9.17, 15) is 20.4 Å². The first-order valence-corrected chi connectivity index (χ1v) is 11.3. The Bertz CT molecular complexity index is 911. The van der Waals surface area contributed by atoms with E-state index in [4.69, 9.17) is 4.74 Å². The monoisotopic (exact) mass is 430 g/mol. The van der Waals surface area contributed by atoms with Crippen LogP contribution in [0, 0.1) is 6.92 Å². The van der Waals surface area contributed by atoms with Gasteiger partial charge in [0.1, 0.15) is 12.2 Å². The number of thioether (sulfide) groups is 1. The van der Waals surface area contributed by atoms with Gasteiger partial charge in [-0.15, -0.1) is 11.8 Å². The van der Waals surface area contributed by atoms with Gasteiger partial charge < -0.3 is 25.2 Å². The van der Waals surface area contributed by atoms with Crippen molar-refractivity contribution in [3.63, 3.8) is 0 Å². The molecule has 162 valence electrons. The summed E-state index contributed by atoms with van der Waals surface area (Å²) < 4.78 is 6.05. The maximum absolute atomic E-state index is 10.9. The lowest BCUT2D eigenvalue weighted by atomic mass is 9.89. The smallest absolute Gasteiger partial charge is 0.168 e. The first kappa shape index (κ1) is 21.8. The Morgan fingerprint density at radius 3 is 2.43 bits per heavy atom. The lowest BCUT2D eigenvalue weighted by Gasteiger charge is -2.45. The molecule has 2 aromatic rings. The highest BCUT2D eigenvalue weighted by Gasteiger charge is 2.57. The van der Waals surface area contributed by atoms with Crippen molar-refractivity contribution in [2.75, 3.05) is 6.61 Å². The second-order valence-electron chi connectivity index (χ2n) is 8.73. The zero-order valence-electron chi connectivity index (χ0n) is 17.6. The van der Waals surface area contributed by atoms with E-state index in [1.165, 1.54) is 22.9 Å². The van der Waals surface area contributed by atoms with Crippen LogP contribution < -0.4 is 0 Å². The molecule has 2 heterocycles. The summed E-state index contributed by atoms with van der Waals surface area (Å²) in [5.41, 5.74) is 6.58. The zero-order valence-corrected chi connectivity index (χ0v) is 18.4. The fraction of sp³-hybridized carbons (Fsp3) is 0.500. The van der Waals surface area contributed by atoms with Gasteiger partial charge in [0.05, 0.1) is 24.6 Å². The number of aliphatic hydroxyl groups excluding tert-OH is 4. The minimum absolute atomic E-state index is 0.309. The van der Waals surface area contributed by atoms with Gasteiger partial charge in [0.25, 0.3) is 0 Å². The fourth-order valence-electron chi connectivity index (χ4n) is 4.43. The second kappa shape index (κ2) is 8.26. The van der Waals surface area contributed by atoms with Crippen LogP contribution in [0.25, 0.3) is 0 Å². The van der Waals surface area contributed by atoms with Gasteiger partial charge in [-0.2, -0.15) is 0 Å². The number of hydrogen-bond acceptors (Lipinski definition) is 6. The van der Waals surface area contributed by atoms with Crippen LogP contribution in [0.5, 0.6) is 0 Å². The average molecular weight is 431 g/mol. The Balaban J connectivity index is 1.69. The van der Waals surface area contributed by atoms with E-state index in [0.717, 1.165) is 28.7 Å². The number of ether oxygens (including phenoxy) is 1. The van der Waals surface area contributed by atoms with Crippen molar-refractivity contribution in [2.45, 2.75) is 68.2 Å². The normalized spacial score (nSPS) is 30.8. The molecule has 5 nitrogen and oxygen atoms in total. The number of hydrogen-bond donors (Lipinski definition) is 4. The molecule has 6 heteroatoms. The Labute approximate surface area is 181 Å². The molecule has 4 N–H and O–H groups in total. The van der Waals surface area contributed by atoms with Gasteiger partial charge in [0.15, 0.2) is 4.93 Å². The molecule has 30 heavy (non-hydrogen) atoms. The summed E-state index contributed by atoms with van der Waals surface area (Å²) in [6.45, 7) is 6.44. The summed E-state index contributed by atoms with van der Waals surface area (Å²) in [5, 5.41) is 40.5. The number of benzene rings is 2. The predicted molar refractivity (Wildman–Crippen MR) is 117 cm³/mol. The summed E-state index contributed by atoms with van der Waals surface area (Å²) >= 11 is 1.20. The van der Waals surface area contributed by atoms with E-state index in [1.54, 1.807) is 0 Å². The van der Waals surface area contributed by atoms with Crippen LogP contribution in [-0.4, -0.2) is 50.6 Å². The highest BCUT2D eigenvalue weighted by Crippen LogP contribution is 2.54. The minimum atomic E-state index is -1.39. The maximum atomic E-state index is 10.9. The Morgan fingerprint density at radius 2 is 1.80 bits per heavy atom. The zero-order chi connectivity index (χ0) is 21.6. The molecule has 2 aromatic carbocycles. The van der Waals surface area contributed by atoms with Crippen LogP contribution in [0.2, 0.25) is 0 Å². The van der Waals surface area contributed by atoms with Crippen LogP contribution in [0.3, 0.4) is 0 Å². The summed E-state index contributed by atoms with van der Waals surface area (Å²) in [6, 6.07) is 12.8. The molecular formula is C24H30O5S. The number of rotatable bonds is 4. The molecule has 0 saturated carbocycles. The lowest BCUT2D eigenvalue weighted by Crippen LogP contribution is -2.58. The Morgan fingerprint density at radius 1 is 1.10 bits per heavy atom. The van der Waals surface area contributed by atoms with Crippen molar-refractivity contribution in [2.24, 2.45) is 0 Å². The topological polar surface area (TPSA) is 90.2 Å². The van der Waals surface area contributed by atoms with Gasteiger partial charge in [-0.25, -0.2) is 0 Å². The van der Waals surface area contributed by atoms with Crippen LogP contribution in [0.4, 0.5) is 0 Å². The minimum Gasteiger partial charge on any atom is -0.395 e. The van der Waals surface area contributed by atoms with E-state index in [-0.39, 0.29) is 6.61 Å². The molecule has 1 fully saturated rings. The van der Waals surface area contributed by atoms with Crippen molar-refractivity contribution in [1.29, 1.82) is 0 Å². The van der Waals surface area contributed by atoms with E-state index in [2.05, 4.69) is 57.2 Å². The van der Waals surface area contributed by atoms with Gasteiger partial charge in [-0.3, -0.25) is 0 Å². The molecule has 0 aromatic heterocycles. The van der Waals surface area contributed by atoms with Crippen LogP contribution in [-0.2, 0) is 22.7 Å². The molecule has 2 unspecified atom stereocenters. The molecule has 5 atom stereocenters. The first-order valence-electron chi connectivity index (χ1n) is 10.5. The predicted octanol–water partition coefficient (Wildman–Crippen LogP) is 2.58. The third-order valence-electron chi connectivity index (χ3n) is 6.37. The summed E-state index contributed by atoms with van der Waals surface area (Å²) in [6.07, 6.45) is -3.13. The molecule has 4 rings (SSSR count). The van der Waals surface area contributed by atoms with E-state index >= 15 is 0 Å². The van der Waals surface area contributed by atoms with Gasteiger partial charge in [0.2, 0.25) is 0 Å². The van der Waals surface area contributed by atoms with Crippen LogP contribution in [0.15, 0.2) is 36.4 Å². The van der Waals surface area contributed by atoms with Gasteiger partial charge in [-0.05, 0) is 47.1 Å². The number of fused-ring (bicyclic) bond motifs is 2.